The first-order valence-electron chi connectivity index (χ1n) is 8.28. The quantitative estimate of drug-likeness (QED) is 0.711. The average Bonchev–Trinajstić information content (AvgIpc) is 2.69. The maximum absolute atomic E-state index is 12.5. The van der Waals surface area contributed by atoms with Crippen LogP contribution in [0.25, 0.3) is 0 Å². The van der Waals surface area contributed by atoms with Crippen LogP contribution in [0, 0.1) is 0 Å². The standard InChI is InChI=1S/C20H19N3O3S/c1-23(15-16-11-13-21-14-12-16)20(24)17-7-9-19(10-8-17)27(25,26)22-18-5-3-2-4-6-18/h2-14,22H,15H2,1H3. The van der Waals surface area contributed by atoms with E-state index in [4.69, 9.17) is 0 Å². The van der Waals surface area contributed by atoms with Crippen LogP contribution in [0.5, 0.6) is 0 Å². The van der Waals surface area contributed by atoms with E-state index in [9.17, 15) is 13.2 Å². The summed E-state index contributed by atoms with van der Waals surface area (Å²) in [5.74, 6) is -0.188. The van der Waals surface area contributed by atoms with Crippen LogP contribution < -0.4 is 4.72 Å². The summed E-state index contributed by atoms with van der Waals surface area (Å²) in [5, 5.41) is 0. The molecule has 1 heterocycles. The van der Waals surface area contributed by atoms with Crippen molar-refractivity contribution < 1.29 is 13.2 Å². The minimum atomic E-state index is -3.71. The highest BCUT2D eigenvalue weighted by atomic mass is 32.2. The number of anilines is 1. The zero-order valence-corrected chi connectivity index (χ0v) is 15.6. The highest BCUT2D eigenvalue weighted by Crippen LogP contribution is 2.17. The summed E-state index contributed by atoms with van der Waals surface area (Å²) in [7, 11) is -2.01. The van der Waals surface area contributed by atoms with Gasteiger partial charge in [0, 0.05) is 37.2 Å². The minimum Gasteiger partial charge on any atom is -0.337 e. The number of nitrogens with one attached hydrogen (secondary N) is 1. The van der Waals surface area contributed by atoms with Gasteiger partial charge in [0.15, 0.2) is 0 Å². The van der Waals surface area contributed by atoms with Gasteiger partial charge in [0.1, 0.15) is 0 Å². The summed E-state index contributed by atoms with van der Waals surface area (Å²) in [6, 6.07) is 18.2. The highest BCUT2D eigenvalue weighted by molar-refractivity contribution is 7.92. The molecule has 0 radical (unpaired) electrons. The van der Waals surface area contributed by atoms with Crippen molar-refractivity contribution in [3.63, 3.8) is 0 Å². The Hall–Kier alpha value is -3.19. The molecule has 0 aliphatic carbocycles. The molecule has 6 nitrogen and oxygen atoms in total. The third-order valence-corrected chi connectivity index (χ3v) is 5.35. The summed E-state index contributed by atoms with van der Waals surface area (Å²) in [6.07, 6.45) is 3.35. The van der Waals surface area contributed by atoms with E-state index < -0.39 is 10.0 Å². The molecule has 138 valence electrons. The first-order chi connectivity index (χ1) is 13.0. The van der Waals surface area contributed by atoms with Crippen LogP contribution in [0.15, 0.2) is 84.0 Å². The molecule has 1 amide bonds. The summed E-state index contributed by atoms with van der Waals surface area (Å²) in [4.78, 5) is 18.2. The largest absolute Gasteiger partial charge is 0.337 e. The van der Waals surface area contributed by atoms with Crippen molar-refractivity contribution in [2.24, 2.45) is 0 Å². The molecule has 0 bridgehead atoms. The number of nitrogens with zero attached hydrogens (tertiary/aromatic N) is 2. The number of rotatable bonds is 6. The molecule has 0 saturated heterocycles. The van der Waals surface area contributed by atoms with Gasteiger partial charge in [-0.25, -0.2) is 8.42 Å². The number of aromatic nitrogens is 1. The van der Waals surface area contributed by atoms with Crippen molar-refractivity contribution in [1.29, 1.82) is 0 Å². The van der Waals surface area contributed by atoms with Crippen molar-refractivity contribution in [3.05, 3.63) is 90.3 Å². The van der Waals surface area contributed by atoms with Crippen molar-refractivity contribution in [3.8, 4) is 0 Å². The average molecular weight is 381 g/mol. The number of amides is 1. The molecule has 0 fully saturated rings. The van der Waals surface area contributed by atoms with E-state index in [0.717, 1.165) is 5.56 Å². The van der Waals surface area contributed by atoms with Crippen LogP contribution in [-0.4, -0.2) is 31.3 Å². The molecule has 0 aliphatic heterocycles. The van der Waals surface area contributed by atoms with Gasteiger partial charge in [-0.1, -0.05) is 18.2 Å². The van der Waals surface area contributed by atoms with E-state index in [1.165, 1.54) is 24.3 Å². The molecule has 0 unspecified atom stereocenters. The molecular formula is C20H19N3O3S. The van der Waals surface area contributed by atoms with E-state index in [2.05, 4.69) is 9.71 Å². The lowest BCUT2D eigenvalue weighted by Crippen LogP contribution is -2.26. The van der Waals surface area contributed by atoms with E-state index in [-0.39, 0.29) is 10.8 Å². The van der Waals surface area contributed by atoms with Gasteiger partial charge in [0.05, 0.1) is 4.90 Å². The van der Waals surface area contributed by atoms with E-state index in [1.807, 2.05) is 12.1 Å². The third kappa shape index (κ3) is 4.71. The van der Waals surface area contributed by atoms with Crippen LogP contribution >= 0.6 is 0 Å². The number of hydrogen-bond acceptors (Lipinski definition) is 4. The van der Waals surface area contributed by atoms with E-state index in [0.29, 0.717) is 17.8 Å². The molecule has 0 aliphatic rings. The number of hydrogen-bond donors (Lipinski definition) is 1. The SMILES string of the molecule is CN(Cc1ccncc1)C(=O)c1ccc(S(=O)(=O)Nc2ccccc2)cc1. The normalized spacial score (nSPS) is 11.0. The summed E-state index contributed by atoms with van der Waals surface area (Å²) in [6.45, 7) is 0.441. The predicted molar refractivity (Wildman–Crippen MR) is 104 cm³/mol. The Morgan fingerprint density at radius 1 is 0.963 bits per heavy atom. The van der Waals surface area contributed by atoms with Gasteiger partial charge >= 0.3 is 0 Å². The van der Waals surface area contributed by atoms with Crippen molar-refractivity contribution >= 4 is 21.6 Å². The smallest absolute Gasteiger partial charge is 0.261 e. The van der Waals surface area contributed by atoms with Crippen molar-refractivity contribution in [2.75, 3.05) is 11.8 Å². The lowest BCUT2D eigenvalue weighted by Gasteiger charge is -2.17. The van der Waals surface area contributed by atoms with Crippen LogP contribution in [0.4, 0.5) is 5.69 Å². The van der Waals surface area contributed by atoms with Crippen molar-refractivity contribution in [2.45, 2.75) is 11.4 Å². The number of sulfonamides is 1. The van der Waals surface area contributed by atoms with Crippen LogP contribution in [0.1, 0.15) is 15.9 Å². The lowest BCUT2D eigenvalue weighted by molar-refractivity contribution is 0.0785. The number of para-hydroxylation sites is 1. The van der Waals surface area contributed by atoms with Gasteiger partial charge in [-0.15, -0.1) is 0 Å². The number of carbonyl (C=O) groups excluding carboxylic acids is 1. The molecule has 3 aromatic rings. The molecule has 1 N–H and O–H groups in total. The molecule has 2 aromatic carbocycles. The molecule has 27 heavy (non-hydrogen) atoms. The summed E-state index contributed by atoms with van der Waals surface area (Å²) >= 11 is 0. The molecule has 7 heteroatoms. The van der Waals surface area contributed by atoms with Crippen molar-refractivity contribution in [1.82, 2.24) is 9.88 Å². The first-order valence-corrected chi connectivity index (χ1v) is 9.76. The van der Waals surface area contributed by atoms with Crippen LogP contribution in [-0.2, 0) is 16.6 Å². The van der Waals surface area contributed by atoms with Crippen LogP contribution in [0.3, 0.4) is 0 Å². The van der Waals surface area contributed by atoms with E-state index in [1.54, 1.807) is 54.7 Å². The predicted octanol–water partition coefficient (Wildman–Crippen LogP) is 3.15. The molecule has 1 aromatic heterocycles. The molecular weight excluding hydrogens is 362 g/mol. The zero-order chi connectivity index (χ0) is 19.3. The topological polar surface area (TPSA) is 79.4 Å². The fourth-order valence-electron chi connectivity index (χ4n) is 2.55. The number of benzene rings is 2. The Balaban J connectivity index is 1.71. The second kappa shape index (κ2) is 8.01. The first kappa shape index (κ1) is 18.6. The third-order valence-electron chi connectivity index (χ3n) is 3.95. The molecule has 0 atom stereocenters. The summed E-state index contributed by atoms with van der Waals surface area (Å²) < 4.78 is 27.4. The van der Waals surface area contributed by atoms with Gasteiger partial charge in [0.2, 0.25) is 0 Å². The Morgan fingerprint density at radius 2 is 1.59 bits per heavy atom. The Morgan fingerprint density at radius 3 is 2.22 bits per heavy atom. The zero-order valence-electron chi connectivity index (χ0n) is 14.7. The molecule has 3 rings (SSSR count). The summed E-state index contributed by atoms with van der Waals surface area (Å²) in [5.41, 5.74) is 1.87. The lowest BCUT2D eigenvalue weighted by atomic mass is 10.2. The maximum Gasteiger partial charge on any atom is 0.261 e. The van der Waals surface area contributed by atoms with Gasteiger partial charge in [-0.3, -0.25) is 14.5 Å². The fourth-order valence-corrected chi connectivity index (χ4v) is 3.61. The Labute approximate surface area is 158 Å². The molecule has 0 saturated carbocycles. The maximum atomic E-state index is 12.5. The molecule has 0 spiro atoms. The Kier molecular flexibility index (Phi) is 5.52. The second-order valence-electron chi connectivity index (χ2n) is 6.01. The van der Waals surface area contributed by atoms with Gasteiger partial charge in [-0.05, 0) is 54.1 Å². The number of carbonyl (C=O) groups is 1. The number of pyridine rings is 1. The van der Waals surface area contributed by atoms with Gasteiger partial charge in [-0.2, -0.15) is 0 Å². The minimum absolute atomic E-state index is 0.0969. The highest BCUT2D eigenvalue weighted by Gasteiger charge is 2.17. The monoisotopic (exact) mass is 381 g/mol. The Bertz CT molecular complexity index is 1010. The van der Waals surface area contributed by atoms with Gasteiger partial charge in [0.25, 0.3) is 15.9 Å². The second-order valence-corrected chi connectivity index (χ2v) is 7.69. The fraction of sp³-hybridized carbons (Fsp3) is 0.100. The van der Waals surface area contributed by atoms with Crippen LogP contribution in [0.2, 0.25) is 0 Å². The van der Waals surface area contributed by atoms with Gasteiger partial charge < -0.3 is 4.90 Å². The van der Waals surface area contributed by atoms with E-state index >= 15 is 0 Å².